The Hall–Kier alpha value is -1.72. The van der Waals surface area contributed by atoms with Crippen LogP contribution >= 0.6 is 11.5 Å². The molecule has 1 saturated heterocycles. The summed E-state index contributed by atoms with van der Waals surface area (Å²) in [4.78, 5) is 12.6. The van der Waals surface area contributed by atoms with Crippen molar-refractivity contribution < 1.29 is 9.53 Å². The minimum absolute atomic E-state index is 0.00627. The quantitative estimate of drug-likeness (QED) is 0.933. The molecular weight excluding hydrogens is 296 g/mol. The third-order valence-corrected chi connectivity index (χ3v) is 4.63. The maximum atomic E-state index is 12.6. The van der Waals surface area contributed by atoms with E-state index in [9.17, 15) is 4.79 Å². The highest BCUT2D eigenvalue weighted by molar-refractivity contribution is 7.04. The molecule has 0 bridgehead atoms. The van der Waals surface area contributed by atoms with Crippen LogP contribution in [-0.4, -0.2) is 23.0 Å². The van der Waals surface area contributed by atoms with Crippen LogP contribution in [0.1, 0.15) is 20.3 Å². The Morgan fingerprint density at radius 3 is 2.86 bits per heavy atom. The number of ether oxygens (including phenoxy) is 1. The van der Waals surface area contributed by atoms with E-state index in [4.69, 9.17) is 4.74 Å². The highest BCUT2D eigenvalue weighted by Gasteiger charge is 2.36. The minimum Gasteiger partial charge on any atom is -0.377 e. The molecule has 116 valence electrons. The number of nitrogens with zero attached hydrogens (tertiary/aromatic N) is 1. The number of aromatic nitrogens is 1. The Labute approximate surface area is 134 Å². The largest absolute Gasteiger partial charge is 0.377 e. The number of rotatable bonds is 4. The van der Waals surface area contributed by atoms with Crippen molar-refractivity contribution in [3.05, 3.63) is 35.7 Å². The smallest absolute Gasteiger partial charge is 0.230 e. The Bertz CT molecular complexity index is 639. The molecule has 2 heterocycles. The zero-order chi connectivity index (χ0) is 15.5. The summed E-state index contributed by atoms with van der Waals surface area (Å²) in [6.45, 7) is 4.85. The summed E-state index contributed by atoms with van der Waals surface area (Å²) >= 11 is 1.36. The monoisotopic (exact) mass is 316 g/mol. The fraction of sp³-hybridized carbons (Fsp3) is 0.412. The maximum Gasteiger partial charge on any atom is 0.230 e. The lowest BCUT2D eigenvalue weighted by Gasteiger charge is -2.21. The Balaban J connectivity index is 1.77. The second-order valence-corrected chi connectivity index (χ2v) is 6.54. The number of carbonyl (C=O) groups is 1. The fourth-order valence-corrected chi connectivity index (χ4v) is 3.54. The van der Waals surface area contributed by atoms with Gasteiger partial charge in [0.25, 0.3) is 0 Å². The van der Waals surface area contributed by atoms with Crippen LogP contribution in [0.25, 0.3) is 11.3 Å². The molecule has 1 fully saturated rings. The van der Waals surface area contributed by atoms with E-state index in [1.165, 1.54) is 11.5 Å². The molecule has 1 aromatic carbocycles. The van der Waals surface area contributed by atoms with E-state index >= 15 is 0 Å². The molecule has 0 spiro atoms. The summed E-state index contributed by atoms with van der Waals surface area (Å²) in [6.07, 6.45) is 0.791. The van der Waals surface area contributed by atoms with Crippen LogP contribution < -0.4 is 5.32 Å². The third-order valence-electron chi connectivity index (χ3n) is 4.00. The van der Waals surface area contributed by atoms with Gasteiger partial charge in [-0.3, -0.25) is 4.79 Å². The average molecular weight is 316 g/mol. The van der Waals surface area contributed by atoms with Crippen molar-refractivity contribution in [3.63, 3.8) is 0 Å². The zero-order valence-corrected chi connectivity index (χ0v) is 13.6. The van der Waals surface area contributed by atoms with Gasteiger partial charge in [0.15, 0.2) is 0 Å². The van der Waals surface area contributed by atoms with Crippen molar-refractivity contribution in [2.75, 3.05) is 11.9 Å². The van der Waals surface area contributed by atoms with Gasteiger partial charge in [0.1, 0.15) is 5.69 Å². The van der Waals surface area contributed by atoms with E-state index in [-0.39, 0.29) is 17.9 Å². The summed E-state index contributed by atoms with van der Waals surface area (Å²) in [7, 11) is 0. The molecule has 0 radical (unpaired) electrons. The Kier molecular flexibility index (Phi) is 4.55. The van der Waals surface area contributed by atoms with Gasteiger partial charge in [-0.15, -0.1) is 0 Å². The van der Waals surface area contributed by atoms with Gasteiger partial charge in [0.05, 0.1) is 17.7 Å². The van der Waals surface area contributed by atoms with Crippen LogP contribution in [0.4, 0.5) is 5.69 Å². The zero-order valence-electron chi connectivity index (χ0n) is 12.8. The first kappa shape index (κ1) is 15.2. The van der Waals surface area contributed by atoms with Crippen molar-refractivity contribution in [2.45, 2.75) is 26.4 Å². The SMILES string of the molecule is CC(C)[C@H]1OCC[C@@H]1C(=O)Nc1csnc1-c1ccccc1. The van der Waals surface area contributed by atoms with Crippen LogP contribution in [0.15, 0.2) is 35.7 Å². The highest BCUT2D eigenvalue weighted by Crippen LogP contribution is 2.31. The molecule has 2 atom stereocenters. The topological polar surface area (TPSA) is 51.2 Å². The fourth-order valence-electron chi connectivity index (χ4n) is 2.90. The maximum absolute atomic E-state index is 12.6. The van der Waals surface area contributed by atoms with Gasteiger partial charge in [-0.2, -0.15) is 4.37 Å². The first-order valence-electron chi connectivity index (χ1n) is 7.59. The summed E-state index contributed by atoms with van der Waals surface area (Å²) in [5, 5.41) is 4.93. The number of anilines is 1. The Morgan fingerprint density at radius 1 is 1.36 bits per heavy atom. The van der Waals surface area contributed by atoms with Gasteiger partial charge < -0.3 is 10.1 Å². The molecule has 0 saturated carbocycles. The van der Waals surface area contributed by atoms with Crippen molar-refractivity contribution in [1.82, 2.24) is 4.37 Å². The summed E-state index contributed by atoms with van der Waals surface area (Å²) < 4.78 is 10.1. The van der Waals surface area contributed by atoms with Crippen molar-refractivity contribution in [3.8, 4) is 11.3 Å². The third kappa shape index (κ3) is 3.05. The van der Waals surface area contributed by atoms with Gasteiger partial charge in [0.2, 0.25) is 5.91 Å². The summed E-state index contributed by atoms with van der Waals surface area (Å²) in [6, 6.07) is 9.91. The molecule has 1 aromatic heterocycles. The summed E-state index contributed by atoms with van der Waals surface area (Å²) in [5.74, 6) is 0.296. The molecule has 1 amide bonds. The number of carbonyl (C=O) groups excluding carboxylic acids is 1. The van der Waals surface area contributed by atoms with Crippen molar-refractivity contribution in [1.29, 1.82) is 0 Å². The predicted molar refractivity (Wildman–Crippen MR) is 88.9 cm³/mol. The summed E-state index contributed by atoms with van der Waals surface area (Å²) in [5.41, 5.74) is 2.64. The predicted octanol–water partition coefficient (Wildman–Crippen LogP) is 3.81. The van der Waals surface area contributed by atoms with E-state index in [2.05, 4.69) is 23.5 Å². The van der Waals surface area contributed by atoms with Gasteiger partial charge in [-0.25, -0.2) is 0 Å². The van der Waals surface area contributed by atoms with E-state index in [1.807, 2.05) is 35.7 Å². The lowest BCUT2D eigenvalue weighted by atomic mass is 9.92. The molecule has 4 nitrogen and oxygen atoms in total. The molecule has 2 aromatic rings. The number of hydrogen-bond donors (Lipinski definition) is 1. The van der Waals surface area contributed by atoms with E-state index in [0.717, 1.165) is 23.4 Å². The molecule has 0 unspecified atom stereocenters. The van der Waals surface area contributed by atoms with Gasteiger partial charge in [0, 0.05) is 17.6 Å². The number of benzene rings is 1. The average Bonchev–Trinajstić information content (AvgIpc) is 3.17. The number of nitrogens with one attached hydrogen (secondary N) is 1. The lowest BCUT2D eigenvalue weighted by molar-refractivity contribution is -0.122. The van der Waals surface area contributed by atoms with E-state index in [0.29, 0.717) is 12.5 Å². The first-order chi connectivity index (χ1) is 10.7. The van der Waals surface area contributed by atoms with Crippen LogP contribution in [-0.2, 0) is 9.53 Å². The highest BCUT2D eigenvalue weighted by atomic mass is 32.1. The van der Waals surface area contributed by atoms with Crippen LogP contribution in [0.5, 0.6) is 0 Å². The van der Waals surface area contributed by atoms with Gasteiger partial charge in [-0.05, 0) is 23.9 Å². The second kappa shape index (κ2) is 6.58. The van der Waals surface area contributed by atoms with Gasteiger partial charge in [-0.1, -0.05) is 44.2 Å². The number of hydrogen-bond acceptors (Lipinski definition) is 4. The van der Waals surface area contributed by atoms with Gasteiger partial charge >= 0.3 is 0 Å². The van der Waals surface area contributed by atoms with Crippen molar-refractivity contribution in [2.24, 2.45) is 11.8 Å². The Morgan fingerprint density at radius 2 is 2.14 bits per heavy atom. The molecule has 22 heavy (non-hydrogen) atoms. The molecule has 3 rings (SSSR count). The van der Waals surface area contributed by atoms with E-state index in [1.54, 1.807) is 0 Å². The first-order valence-corrected chi connectivity index (χ1v) is 8.42. The molecule has 1 aliphatic heterocycles. The van der Waals surface area contributed by atoms with Crippen molar-refractivity contribution >= 4 is 23.1 Å². The van der Waals surface area contributed by atoms with E-state index < -0.39 is 0 Å². The standard InChI is InChI=1S/C17H20N2O2S/c1-11(2)16-13(8-9-21-16)17(20)18-14-10-22-19-15(14)12-6-4-3-5-7-12/h3-7,10-11,13,16H,8-9H2,1-2H3,(H,18,20)/t13-,16+/m0/s1. The van der Waals surface area contributed by atoms with Crippen LogP contribution in [0, 0.1) is 11.8 Å². The molecule has 5 heteroatoms. The molecule has 1 aliphatic rings. The second-order valence-electron chi connectivity index (χ2n) is 5.91. The molecule has 0 aliphatic carbocycles. The lowest BCUT2D eigenvalue weighted by Crippen LogP contribution is -2.32. The minimum atomic E-state index is -0.0801. The normalized spacial score (nSPS) is 21.2. The molecule has 1 N–H and O–H groups in total. The number of amides is 1. The van der Waals surface area contributed by atoms with Crippen LogP contribution in [0.3, 0.4) is 0 Å². The molecular formula is C17H20N2O2S. The van der Waals surface area contributed by atoms with Crippen LogP contribution in [0.2, 0.25) is 0 Å².